The molecule has 1 aromatic rings. The van der Waals surface area contributed by atoms with Gasteiger partial charge in [0.1, 0.15) is 0 Å². The average Bonchev–Trinajstić information content (AvgIpc) is 2.90. The minimum Gasteiger partial charge on any atom is -0.481 e. The summed E-state index contributed by atoms with van der Waals surface area (Å²) in [6.07, 6.45) is 2.21. The number of thiophene rings is 1. The molecular formula is C14H19NO3S. The first-order chi connectivity index (χ1) is 9.08. The zero-order valence-corrected chi connectivity index (χ0v) is 11.9. The van der Waals surface area contributed by atoms with E-state index in [1.807, 2.05) is 24.4 Å². The molecule has 0 spiro atoms. The summed E-state index contributed by atoms with van der Waals surface area (Å²) in [5.41, 5.74) is 0. The fourth-order valence-corrected chi connectivity index (χ4v) is 3.34. The summed E-state index contributed by atoms with van der Waals surface area (Å²) < 4.78 is 0. The molecule has 1 N–H and O–H groups in total. The van der Waals surface area contributed by atoms with Crippen molar-refractivity contribution in [3.63, 3.8) is 0 Å². The molecular weight excluding hydrogens is 262 g/mol. The van der Waals surface area contributed by atoms with Crippen LogP contribution in [0.15, 0.2) is 17.5 Å². The molecule has 0 radical (unpaired) electrons. The lowest BCUT2D eigenvalue weighted by atomic mass is 9.96. The lowest BCUT2D eigenvalue weighted by molar-refractivity contribution is -0.146. The number of carboxylic acids is 1. The van der Waals surface area contributed by atoms with Gasteiger partial charge in [0.25, 0.3) is 0 Å². The quantitative estimate of drug-likeness (QED) is 0.921. The maximum absolute atomic E-state index is 12.3. The molecule has 0 unspecified atom stereocenters. The number of piperidine rings is 1. The first-order valence-corrected chi connectivity index (χ1v) is 7.50. The summed E-state index contributed by atoms with van der Waals surface area (Å²) in [4.78, 5) is 26.3. The van der Waals surface area contributed by atoms with E-state index in [0.717, 1.165) is 12.8 Å². The molecule has 4 nitrogen and oxygen atoms in total. The van der Waals surface area contributed by atoms with Gasteiger partial charge in [-0.25, -0.2) is 0 Å². The number of amides is 1. The van der Waals surface area contributed by atoms with Crippen LogP contribution >= 0.6 is 11.3 Å². The summed E-state index contributed by atoms with van der Waals surface area (Å²) in [7, 11) is 0. The molecule has 0 aliphatic carbocycles. The number of nitrogens with zero attached hydrogens (tertiary/aromatic N) is 1. The summed E-state index contributed by atoms with van der Waals surface area (Å²) in [6, 6.07) is 4.02. The average molecular weight is 281 g/mol. The third-order valence-electron chi connectivity index (χ3n) is 3.59. The van der Waals surface area contributed by atoms with Crippen LogP contribution in [0, 0.1) is 11.8 Å². The molecule has 1 aliphatic rings. The minimum absolute atomic E-state index is 0.0776. The zero-order chi connectivity index (χ0) is 13.8. The topological polar surface area (TPSA) is 57.6 Å². The van der Waals surface area contributed by atoms with Gasteiger partial charge in [-0.05, 0) is 30.7 Å². The van der Waals surface area contributed by atoms with Crippen LogP contribution in [0.2, 0.25) is 0 Å². The van der Waals surface area contributed by atoms with E-state index in [9.17, 15) is 9.59 Å². The molecule has 2 atom stereocenters. The third kappa shape index (κ3) is 3.56. The van der Waals surface area contributed by atoms with Crippen molar-refractivity contribution in [1.82, 2.24) is 4.90 Å². The van der Waals surface area contributed by atoms with E-state index >= 15 is 0 Å². The van der Waals surface area contributed by atoms with Crippen molar-refractivity contribution in [3.8, 4) is 0 Å². The Morgan fingerprint density at radius 3 is 3.00 bits per heavy atom. The van der Waals surface area contributed by atoms with Crippen molar-refractivity contribution < 1.29 is 14.7 Å². The van der Waals surface area contributed by atoms with Crippen molar-refractivity contribution in [2.24, 2.45) is 11.8 Å². The number of carbonyl (C=O) groups is 2. The van der Waals surface area contributed by atoms with Crippen molar-refractivity contribution in [2.75, 3.05) is 13.1 Å². The van der Waals surface area contributed by atoms with Gasteiger partial charge in [0, 0.05) is 23.9 Å². The Hall–Kier alpha value is -1.36. The Morgan fingerprint density at radius 2 is 2.37 bits per heavy atom. The van der Waals surface area contributed by atoms with E-state index in [1.54, 1.807) is 16.2 Å². The third-order valence-corrected chi connectivity index (χ3v) is 4.49. The lowest BCUT2D eigenvalue weighted by Crippen LogP contribution is -2.44. The lowest BCUT2D eigenvalue weighted by Gasteiger charge is -2.32. The Labute approximate surface area is 117 Å². The van der Waals surface area contributed by atoms with Gasteiger partial charge in [-0.15, -0.1) is 11.3 Å². The smallest absolute Gasteiger partial charge is 0.308 e. The molecule has 0 saturated carbocycles. The van der Waals surface area contributed by atoms with Crippen molar-refractivity contribution in [1.29, 1.82) is 0 Å². The highest BCUT2D eigenvalue weighted by molar-refractivity contribution is 7.09. The molecule has 19 heavy (non-hydrogen) atoms. The number of hydrogen-bond donors (Lipinski definition) is 1. The van der Waals surface area contributed by atoms with E-state index in [-0.39, 0.29) is 11.8 Å². The van der Waals surface area contributed by atoms with E-state index in [0.29, 0.717) is 19.5 Å². The predicted octanol–water partition coefficient (Wildman–Crippen LogP) is 2.25. The van der Waals surface area contributed by atoms with Gasteiger partial charge in [0.2, 0.25) is 5.91 Å². The largest absolute Gasteiger partial charge is 0.481 e. The number of rotatable bonds is 4. The summed E-state index contributed by atoms with van der Waals surface area (Å²) in [5, 5.41) is 11.1. The summed E-state index contributed by atoms with van der Waals surface area (Å²) in [6.45, 7) is 2.98. The number of hydrogen-bond acceptors (Lipinski definition) is 3. The molecule has 0 aromatic carbocycles. The zero-order valence-electron chi connectivity index (χ0n) is 11.0. The van der Waals surface area contributed by atoms with Crippen LogP contribution in [0.5, 0.6) is 0 Å². The van der Waals surface area contributed by atoms with Crippen LogP contribution in [0.4, 0.5) is 0 Å². The van der Waals surface area contributed by atoms with Crippen LogP contribution in [0.3, 0.4) is 0 Å². The molecule has 0 bridgehead atoms. The standard InChI is InChI=1S/C14H19NO3S/c1-10(8-12-5-3-7-19-12)13(16)15-6-2-4-11(9-15)14(17)18/h3,5,7,10-11H,2,4,6,8-9H2,1H3,(H,17,18)/t10-,11+/m1/s1. The van der Waals surface area contributed by atoms with Crippen molar-refractivity contribution in [3.05, 3.63) is 22.4 Å². The van der Waals surface area contributed by atoms with Crippen LogP contribution in [0.1, 0.15) is 24.6 Å². The minimum atomic E-state index is -0.789. The molecule has 1 saturated heterocycles. The van der Waals surface area contributed by atoms with Gasteiger partial charge < -0.3 is 10.0 Å². The van der Waals surface area contributed by atoms with Gasteiger partial charge in [0.05, 0.1) is 5.92 Å². The van der Waals surface area contributed by atoms with Gasteiger partial charge in [-0.3, -0.25) is 9.59 Å². The van der Waals surface area contributed by atoms with E-state index in [1.165, 1.54) is 4.88 Å². The normalized spacial score (nSPS) is 21.1. The van der Waals surface area contributed by atoms with Gasteiger partial charge in [-0.2, -0.15) is 0 Å². The maximum Gasteiger partial charge on any atom is 0.308 e. The molecule has 1 aromatic heterocycles. The molecule has 104 valence electrons. The van der Waals surface area contributed by atoms with Gasteiger partial charge in [-0.1, -0.05) is 13.0 Å². The SMILES string of the molecule is C[C@H](Cc1cccs1)C(=O)N1CCC[C@H](C(=O)O)C1. The predicted molar refractivity (Wildman–Crippen MR) is 74.1 cm³/mol. The van der Waals surface area contributed by atoms with Gasteiger partial charge in [0.15, 0.2) is 0 Å². The van der Waals surface area contributed by atoms with Crippen LogP contribution < -0.4 is 0 Å². The Bertz CT molecular complexity index is 444. The summed E-state index contributed by atoms with van der Waals surface area (Å²) >= 11 is 1.66. The summed E-state index contributed by atoms with van der Waals surface area (Å²) in [5.74, 6) is -1.18. The molecule has 1 aliphatic heterocycles. The second-order valence-corrected chi connectivity index (χ2v) is 6.18. The number of likely N-dealkylation sites (tertiary alicyclic amines) is 1. The van der Waals surface area contributed by atoms with Gasteiger partial charge >= 0.3 is 5.97 Å². The molecule has 1 fully saturated rings. The van der Waals surface area contributed by atoms with Crippen LogP contribution in [0.25, 0.3) is 0 Å². The van der Waals surface area contributed by atoms with Crippen LogP contribution in [-0.4, -0.2) is 35.0 Å². The monoisotopic (exact) mass is 281 g/mol. The highest BCUT2D eigenvalue weighted by atomic mass is 32.1. The fourth-order valence-electron chi connectivity index (χ4n) is 2.51. The second-order valence-electron chi connectivity index (χ2n) is 5.15. The number of carboxylic acid groups (broad SMARTS) is 1. The highest BCUT2D eigenvalue weighted by Gasteiger charge is 2.30. The first kappa shape index (κ1) is 14.1. The van der Waals surface area contributed by atoms with Crippen molar-refractivity contribution >= 4 is 23.2 Å². The molecule has 2 heterocycles. The first-order valence-electron chi connectivity index (χ1n) is 6.62. The van der Waals surface area contributed by atoms with E-state index < -0.39 is 11.9 Å². The molecule has 5 heteroatoms. The van der Waals surface area contributed by atoms with Crippen LogP contribution in [-0.2, 0) is 16.0 Å². The maximum atomic E-state index is 12.3. The second kappa shape index (κ2) is 6.19. The van der Waals surface area contributed by atoms with E-state index in [4.69, 9.17) is 5.11 Å². The van der Waals surface area contributed by atoms with Crippen molar-refractivity contribution in [2.45, 2.75) is 26.2 Å². The Morgan fingerprint density at radius 1 is 1.58 bits per heavy atom. The highest BCUT2D eigenvalue weighted by Crippen LogP contribution is 2.21. The Kier molecular flexibility index (Phi) is 4.58. The molecule has 1 amide bonds. The molecule has 2 rings (SSSR count). The number of carbonyl (C=O) groups excluding carboxylic acids is 1. The number of aliphatic carboxylic acids is 1. The Balaban J connectivity index is 1.93. The van der Waals surface area contributed by atoms with E-state index in [2.05, 4.69) is 0 Å². The fraction of sp³-hybridized carbons (Fsp3) is 0.571.